The zero-order valence-corrected chi connectivity index (χ0v) is 14.8. The average molecular weight is 346 g/mol. The first kappa shape index (κ1) is 16.6. The highest BCUT2D eigenvalue weighted by Crippen LogP contribution is 2.12. The molecule has 0 saturated carbocycles. The van der Waals surface area contributed by atoms with E-state index in [1.807, 2.05) is 58.3 Å². The molecule has 4 heteroatoms. The highest BCUT2D eigenvalue weighted by molar-refractivity contribution is 5.94. The Bertz CT molecular complexity index is 833. The summed E-state index contributed by atoms with van der Waals surface area (Å²) in [6.07, 6.45) is 4.01. The number of aromatic nitrogens is 1. The number of benzene rings is 2. The van der Waals surface area contributed by atoms with Gasteiger partial charge in [0.05, 0.1) is 26.2 Å². The summed E-state index contributed by atoms with van der Waals surface area (Å²) in [6, 6.07) is 22.4. The van der Waals surface area contributed by atoms with E-state index in [4.69, 9.17) is 0 Å². The predicted molar refractivity (Wildman–Crippen MR) is 103 cm³/mol. The summed E-state index contributed by atoms with van der Waals surface area (Å²) in [5, 5.41) is 0. The highest BCUT2D eigenvalue weighted by Gasteiger charge is 2.24. The first-order valence-corrected chi connectivity index (χ1v) is 9.20. The van der Waals surface area contributed by atoms with Crippen LogP contribution >= 0.6 is 0 Å². The zero-order chi connectivity index (χ0) is 17.8. The molecule has 4 nitrogen and oxygen atoms in total. The molecule has 1 fully saturated rings. The maximum Gasteiger partial charge on any atom is 0.254 e. The second-order valence-corrected chi connectivity index (χ2v) is 6.84. The van der Waals surface area contributed by atoms with Gasteiger partial charge in [-0.05, 0) is 36.4 Å². The molecule has 0 unspecified atom stereocenters. The van der Waals surface area contributed by atoms with Crippen LogP contribution in [0.2, 0.25) is 0 Å². The smallest absolute Gasteiger partial charge is 0.254 e. The lowest BCUT2D eigenvalue weighted by Gasteiger charge is -2.32. The Morgan fingerprint density at radius 1 is 0.846 bits per heavy atom. The van der Waals surface area contributed by atoms with Crippen LogP contribution in [0.15, 0.2) is 79.1 Å². The predicted octanol–water partition coefficient (Wildman–Crippen LogP) is 2.02. The van der Waals surface area contributed by atoms with Gasteiger partial charge in [-0.1, -0.05) is 30.3 Å². The van der Waals surface area contributed by atoms with Gasteiger partial charge < -0.3 is 14.4 Å². The molecule has 0 spiro atoms. The van der Waals surface area contributed by atoms with E-state index < -0.39 is 0 Å². The van der Waals surface area contributed by atoms with Crippen molar-refractivity contribution < 1.29 is 9.69 Å². The molecule has 1 saturated heterocycles. The van der Waals surface area contributed by atoms with Crippen LogP contribution in [0.1, 0.15) is 15.9 Å². The minimum atomic E-state index is 0.141. The molecule has 0 radical (unpaired) electrons. The van der Waals surface area contributed by atoms with E-state index in [2.05, 4.69) is 30.3 Å². The summed E-state index contributed by atoms with van der Waals surface area (Å²) in [5.74, 6) is 0.141. The molecule has 26 heavy (non-hydrogen) atoms. The largest absolute Gasteiger partial charge is 0.328 e. The first-order chi connectivity index (χ1) is 12.8. The average Bonchev–Trinajstić information content (AvgIpc) is 3.24. The first-order valence-electron chi connectivity index (χ1n) is 9.20. The summed E-state index contributed by atoms with van der Waals surface area (Å²) in [4.78, 5) is 16.3. The topological polar surface area (TPSA) is 29.7 Å². The highest BCUT2D eigenvalue weighted by atomic mass is 16.2. The minimum Gasteiger partial charge on any atom is -0.328 e. The van der Waals surface area contributed by atoms with Crippen molar-refractivity contribution in [3.8, 4) is 5.69 Å². The second-order valence-electron chi connectivity index (χ2n) is 6.84. The van der Waals surface area contributed by atoms with Crippen LogP contribution in [0.5, 0.6) is 0 Å². The van der Waals surface area contributed by atoms with Gasteiger partial charge in [-0.2, -0.15) is 0 Å². The summed E-state index contributed by atoms with van der Waals surface area (Å²) < 4.78 is 2.04. The lowest BCUT2D eigenvalue weighted by atomic mass is 10.1. The van der Waals surface area contributed by atoms with Crippen molar-refractivity contribution in [2.45, 2.75) is 6.54 Å². The van der Waals surface area contributed by atoms with E-state index in [9.17, 15) is 4.79 Å². The summed E-state index contributed by atoms with van der Waals surface area (Å²) in [5.41, 5.74) is 3.21. The summed E-state index contributed by atoms with van der Waals surface area (Å²) in [7, 11) is 0. The molecule has 2 heterocycles. The van der Waals surface area contributed by atoms with Gasteiger partial charge in [-0.25, -0.2) is 0 Å². The van der Waals surface area contributed by atoms with E-state index in [-0.39, 0.29) is 5.91 Å². The monoisotopic (exact) mass is 346 g/mol. The minimum absolute atomic E-state index is 0.141. The van der Waals surface area contributed by atoms with Gasteiger partial charge in [0.15, 0.2) is 0 Å². The van der Waals surface area contributed by atoms with Crippen molar-refractivity contribution in [1.29, 1.82) is 0 Å². The fourth-order valence-electron chi connectivity index (χ4n) is 3.55. The van der Waals surface area contributed by atoms with Crippen LogP contribution in [-0.2, 0) is 6.54 Å². The number of hydrogen-bond donors (Lipinski definition) is 1. The van der Waals surface area contributed by atoms with Crippen LogP contribution in [0.3, 0.4) is 0 Å². The normalized spacial score (nSPS) is 15.2. The van der Waals surface area contributed by atoms with Crippen molar-refractivity contribution in [2.75, 3.05) is 26.2 Å². The lowest BCUT2D eigenvalue weighted by Crippen LogP contribution is -3.13. The number of rotatable bonds is 4. The molecular weight excluding hydrogens is 322 g/mol. The summed E-state index contributed by atoms with van der Waals surface area (Å²) >= 11 is 0. The van der Waals surface area contributed by atoms with Crippen LogP contribution in [0.4, 0.5) is 0 Å². The quantitative estimate of drug-likeness (QED) is 0.770. The maximum absolute atomic E-state index is 12.8. The molecule has 3 aromatic rings. The van der Waals surface area contributed by atoms with Crippen molar-refractivity contribution >= 4 is 5.91 Å². The molecule has 1 N–H and O–H groups in total. The van der Waals surface area contributed by atoms with E-state index in [0.717, 1.165) is 44.0 Å². The summed E-state index contributed by atoms with van der Waals surface area (Å²) in [6.45, 7) is 4.68. The maximum atomic E-state index is 12.8. The van der Waals surface area contributed by atoms with Gasteiger partial charge in [-0.15, -0.1) is 0 Å². The van der Waals surface area contributed by atoms with Gasteiger partial charge in [0.1, 0.15) is 6.54 Å². The van der Waals surface area contributed by atoms with Crippen molar-refractivity contribution in [3.05, 3.63) is 90.3 Å². The zero-order valence-electron chi connectivity index (χ0n) is 14.8. The molecular formula is C22H24N3O+. The Morgan fingerprint density at radius 3 is 2.15 bits per heavy atom. The molecule has 0 aliphatic carbocycles. The number of nitrogens with zero attached hydrogens (tertiary/aromatic N) is 2. The Morgan fingerprint density at radius 2 is 1.50 bits per heavy atom. The molecule has 1 aliphatic rings. The van der Waals surface area contributed by atoms with Gasteiger partial charge in [0.25, 0.3) is 5.91 Å². The standard InChI is InChI=1S/C22H23N3O/c26-22(20-8-10-21(11-9-20)24-12-4-5-13-24)25-16-14-23(15-17-25)18-19-6-2-1-3-7-19/h1-13H,14-18H2/p+1. The van der Waals surface area contributed by atoms with Crippen molar-refractivity contribution in [3.63, 3.8) is 0 Å². The third-order valence-corrected chi connectivity index (χ3v) is 5.07. The van der Waals surface area contributed by atoms with Crippen LogP contribution in [-0.4, -0.2) is 41.6 Å². The molecule has 1 amide bonds. The van der Waals surface area contributed by atoms with Gasteiger partial charge >= 0.3 is 0 Å². The second kappa shape index (κ2) is 7.58. The Kier molecular flexibility index (Phi) is 4.84. The lowest BCUT2D eigenvalue weighted by molar-refractivity contribution is -0.917. The Hall–Kier alpha value is -2.85. The van der Waals surface area contributed by atoms with E-state index in [1.165, 1.54) is 5.56 Å². The Balaban J connectivity index is 1.34. The third kappa shape index (κ3) is 3.70. The molecule has 0 atom stereocenters. The molecule has 4 rings (SSSR count). The van der Waals surface area contributed by atoms with E-state index in [0.29, 0.717) is 0 Å². The number of amides is 1. The molecule has 0 bridgehead atoms. The van der Waals surface area contributed by atoms with Crippen LogP contribution < -0.4 is 4.90 Å². The number of hydrogen-bond acceptors (Lipinski definition) is 1. The number of carbonyl (C=O) groups excluding carboxylic acids is 1. The molecule has 1 aromatic heterocycles. The SMILES string of the molecule is O=C(c1ccc(-n2cccc2)cc1)N1CC[NH+](Cc2ccccc2)CC1. The molecule has 1 aliphatic heterocycles. The van der Waals surface area contributed by atoms with Crippen molar-refractivity contribution in [1.82, 2.24) is 9.47 Å². The fraction of sp³-hybridized carbons (Fsp3) is 0.227. The van der Waals surface area contributed by atoms with Gasteiger partial charge in [-0.3, -0.25) is 4.79 Å². The van der Waals surface area contributed by atoms with Crippen molar-refractivity contribution in [2.24, 2.45) is 0 Å². The molecule has 132 valence electrons. The van der Waals surface area contributed by atoms with Crippen LogP contribution in [0.25, 0.3) is 5.69 Å². The van der Waals surface area contributed by atoms with E-state index >= 15 is 0 Å². The van der Waals surface area contributed by atoms with Gasteiger partial charge in [0, 0.05) is 29.2 Å². The Labute approximate surface area is 154 Å². The number of quaternary nitrogens is 1. The number of nitrogens with one attached hydrogen (secondary N) is 1. The number of piperazine rings is 1. The third-order valence-electron chi connectivity index (χ3n) is 5.07. The number of carbonyl (C=O) groups is 1. The van der Waals surface area contributed by atoms with E-state index in [1.54, 1.807) is 4.90 Å². The fourth-order valence-corrected chi connectivity index (χ4v) is 3.55. The molecule has 2 aromatic carbocycles. The van der Waals surface area contributed by atoms with Gasteiger partial charge in [0.2, 0.25) is 0 Å². The van der Waals surface area contributed by atoms with Crippen LogP contribution in [0, 0.1) is 0 Å².